The quantitative estimate of drug-likeness (QED) is 0.0950. The Morgan fingerprint density at radius 1 is 1.08 bits per heavy atom. The van der Waals surface area contributed by atoms with Crippen LogP contribution in [0.1, 0.15) is 90.8 Å². The van der Waals surface area contributed by atoms with Crippen LogP contribution >= 0.6 is 0 Å². The molecule has 4 heterocycles. The maximum Gasteiger partial charge on any atom is 0.407 e. The first-order valence-corrected chi connectivity index (χ1v) is 20.1. The van der Waals surface area contributed by atoms with Crippen molar-refractivity contribution in [3.8, 4) is 11.4 Å². The lowest BCUT2D eigenvalue weighted by atomic mass is 9.85. The van der Waals surface area contributed by atoms with E-state index in [9.17, 15) is 19.2 Å². The molecule has 0 aliphatic carbocycles. The van der Waals surface area contributed by atoms with Gasteiger partial charge in [-0.05, 0) is 67.3 Å². The number of nitrogens with one attached hydrogen (secondary N) is 1. The SMILES string of the molecule is CC[C@@]1(OC(=O)CCCNC(=O)OC(C)(C)C)C(=O)OCc2c1cc1n(c2=O)Cc2c-1nc1ccccc1c2[Si](C)(C)CCC(C)(C)C. The van der Waals surface area contributed by atoms with E-state index in [4.69, 9.17) is 19.2 Å². The average Bonchev–Trinajstić information content (AvgIpc) is 3.35. The molecule has 0 saturated heterocycles. The lowest BCUT2D eigenvalue weighted by Gasteiger charge is -2.35. The number of carbonyl (C=O) groups is 3. The van der Waals surface area contributed by atoms with E-state index in [2.05, 4.69) is 45.2 Å². The van der Waals surface area contributed by atoms with E-state index in [0.29, 0.717) is 23.4 Å². The second kappa shape index (κ2) is 12.8. The molecule has 5 rings (SSSR count). The number of aromatic nitrogens is 2. The highest BCUT2D eigenvalue weighted by molar-refractivity contribution is 6.91. The molecule has 3 aromatic rings. The number of alkyl carbamates (subject to hydrolysis) is 1. The third-order valence-corrected chi connectivity index (χ3v) is 12.7. The van der Waals surface area contributed by atoms with Gasteiger partial charge < -0.3 is 24.1 Å². The molecule has 258 valence electrons. The molecule has 2 aliphatic rings. The van der Waals surface area contributed by atoms with Gasteiger partial charge >= 0.3 is 18.0 Å². The standard InChI is InChI=1S/C37H49N3O7Si/c1-10-37(46-29(41)16-13-18-38-34(44)47-36(5,6)7)26-20-28-30-24(21-40(28)32(42)25(26)22-45-33(37)43)31(23-14-11-12-15-27(23)39-30)48(8,9)19-17-35(2,3)4/h11-12,14-15,20H,10,13,16-19,21-22H2,1-9H3,(H,38,44)/t37-/m0/s1. The normalized spacial score (nSPS) is 17.3. The molecular formula is C37H49N3O7Si. The lowest BCUT2D eigenvalue weighted by molar-refractivity contribution is -0.189. The summed E-state index contributed by atoms with van der Waals surface area (Å²) < 4.78 is 18.4. The molecular weight excluding hydrogens is 627 g/mol. The van der Waals surface area contributed by atoms with Crippen LogP contribution in [0.5, 0.6) is 0 Å². The van der Waals surface area contributed by atoms with Gasteiger partial charge in [0.05, 0.1) is 37.1 Å². The van der Waals surface area contributed by atoms with Crippen LogP contribution in [0.3, 0.4) is 0 Å². The molecule has 0 saturated carbocycles. The average molecular weight is 676 g/mol. The third kappa shape index (κ3) is 6.92. The summed E-state index contributed by atoms with van der Waals surface area (Å²) in [5, 5.41) is 5.07. The van der Waals surface area contributed by atoms with Crippen molar-refractivity contribution in [2.45, 2.75) is 118 Å². The van der Waals surface area contributed by atoms with E-state index < -0.39 is 37.3 Å². The fraction of sp³-hybridized carbons (Fsp3) is 0.541. The zero-order chi connectivity index (χ0) is 35.2. The monoisotopic (exact) mass is 675 g/mol. The summed E-state index contributed by atoms with van der Waals surface area (Å²) in [6, 6.07) is 11.1. The van der Waals surface area contributed by atoms with Crippen LogP contribution in [0.15, 0.2) is 35.1 Å². The highest BCUT2D eigenvalue weighted by Crippen LogP contribution is 2.41. The number of fused-ring (bicyclic) bond motifs is 5. The minimum Gasteiger partial charge on any atom is -0.457 e. The Balaban J connectivity index is 1.52. The van der Waals surface area contributed by atoms with Crippen LogP contribution in [0, 0.1) is 5.41 Å². The molecule has 1 atom stereocenters. The van der Waals surface area contributed by atoms with Gasteiger partial charge in [-0.1, -0.05) is 71.5 Å². The first-order chi connectivity index (χ1) is 22.4. The highest BCUT2D eigenvalue weighted by atomic mass is 28.3. The van der Waals surface area contributed by atoms with Crippen molar-refractivity contribution in [2.24, 2.45) is 5.41 Å². The molecule has 1 amide bonds. The number of hydrogen-bond donors (Lipinski definition) is 1. The second-order valence-electron chi connectivity index (χ2n) is 15.9. The van der Waals surface area contributed by atoms with E-state index in [1.165, 1.54) is 5.19 Å². The van der Waals surface area contributed by atoms with Gasteiger partial charge in [0.25, 0.3) is 5.56 Å². The number of nitrogens with zero attached hydrogens (tertiary/aromatic N) is 2. The topological polar surface area (TPSA) is 126 Å². The van der Waals surface area contributed by atoms with Crippen LogP contribution in [0.4, 0.5) is 4.79 Å². The van der Waals surface area contributed by atoms with Crippen molar-refractivity contribution in [3.05, 3.63) is 57.4 Å². The predicted molar refractivity (Wildman–Crippen MR) is 188 cm³/mol. The number of rotatable bonds is 9. The van der Waals surface area contributed by atoms with Gasteiger partial charge in [-0.25, -0.2) is 14.6 Å². The van der Waals surface area contributed by atoms with Gasteiger partial charge in [0.1, 0.15) is 12.2 Å². The number of ether oxygens (including phenoxy) is 3. The van der Waals surface area contributed by atoms with Crippen LogP contribution in [-0.4, -0.2) is 47.8 Å². The summed E-state index contributed by atoms with van der Waals surface area (Å²) in [4.78, 5) is 58.0. The molecule has 1 aromatic carbocycles. The first kappa shape index (κ1) is 35.3. The molecule has 48 heavy (non-hydrogen) atoms. The molecule has 11 heteroatoms. The van der Waals surface area contributed by atoms with Gasteiger partial charge in [0.2, 0.25) is 5.60 Å². The molecule has 1 N–H and O–H groups in total. The lowest BCUT2D eigenvalue weighted by Crippen LogP contribution is -2.47. The number of pyridine rings is 2. The van der Waals surface area contributed by atoms with Gasteiger partial charge in [-0.2, -0.15) is 0 Å². The largest absolute Gasteiger partial charge is 0.457 e. The Hall–Kier alpha value is -3.99. The summed E-state index contributed by atoms with van der Waals surface area (Å²) in [6.45, 7) is 19.0. The number of amides is 1. The smallest absolute Gasteiger partial charge is 0.407 e. The summed E-state index contributed by atoms with van der Waals surface area (Å²) >= 11 is 0. The fourth-order valence-electron chi connectivity index (χ4n) is 6.75. The van der Waals surface area contributed by atoms with E-state index in [-0.39, 0.29) is 43.4 Å². The molecule has 0 spiro atoms. The molecule has 2 aromatic heterocycles. The summed E-state index contributed by atoms with van der Waals surface area (Å²) in [5.41, 5.74) is 1.45. The molecule has 0 radical (unpaired) electrons. The number of cyclic esters (lactones) is 1. The number of benzene rings is 1. The zero-order valence-electron chi connectivity index (χ0n) is 29.8. The number of carbonyl (C=O) groups excluding carboxylic acids is 3. The second-order valence-corrected chi connectivity index (χ2v) is 20.6. The summed E-state index contributed by atoms with van der Waals surface area (Å²) in [5.74, 6) is -1.34. The Bertz CT molecular complexity index is 1830. The highest BCUT2D eigenvalue weighted by Gasteiger charge is 2.50. The van der Waals surface area contributed by atoms with Crippen molar-refractivity contribution >= 4 is 42.2 Å². The predicted octanol–water partition coefficient (Wildman–Crippen LogP) is 6.29. The van der Waals surface area contributed by atoms with Crippen LogP contribution in [0.25, 0.3) is 22.3 Å². The van der Waals surface area contributed by atoms with E-state index in [1.807, 2.05) is 24.3 Å². The van der Waals surface area contributed by atoms with Crippen molar-refractivity contribution in [2.75, 3.05) is 6.54 Å². The third-order valence-electron chi connectivity index (χ3n) is 9.25. The minimum absolute atomic E-state index is 0.0574. The van der Waals surface area contributed by atoms with E-state index in [1.54, 1.807) is 32.3 Å². The van der Waals surface area contributed by atoms with Crippen molar-refractivity contribution in [3.63, 3.8) is 0 Å². The molecule has 10 nitrogen and oxygen atoms in total. The van der Waals surface area contributed by atoms with Crippen LogP contribution in [-0.2, 0) is 42.6 Å². The number of esters is 2. The molecule has 0 bridgehead atoms. The first-order valence-electron chi connectivity index (χ1n) is 16.9. The Kier molecular flexibility index (Phi) is 9.42. The minimum atomic E-state index is -2.04. The summed E-state index contributed by atoms with van der Waals surface area (Å²) in [7, 11) is -2.04. The van der Waals surface area contributed by atoms with E-state index >= 15 is 0 Å². The molecule has 2 aliphatic heterocycles. The Morgan fingerprint density at radius 2 is 1.79 bits per heavy atom. The van der Waals surface area contributed by atoms with Gasteiger partial charge in [-0.3, -0.25) is 9.59 Å². The fourth-order valence-corrected chi connectivity index (χ4v) is 10.3. The van der Waals surface area contributed by atoms with Crippen molar-refractivity contribution in [1.82, 2.24) is 14.9 Å². The molecule has 0 unspecified atom stereocenters. The van der Waals surface area contributed by atoms with Crippen molar-refractivity contribution in [1.29, 1.82) is 0 Å². The van der Waals surface area contributed by atoms with Gasteiger partial charge in [0, 0.05) is 18.5 Å². The maximum atomic E-state index is 14.2. The molecule has 0 fully saturated rings. The summed E-state index contributed by atoms with van der Waals surface area (Å²) in [6.07, 6.45) is 0.802. The van der Waals surface area contributed by atoms with Gasteiger partial charge in [0.15, 0.2) is 0 Å². The van der Waals surface area contributed by atoms with E-state index in [0.717, 1.165) is 34.6 Å². The van der Waals surface area contributed by atoms with Gasteiger partial charge in [-0.15, -0.1) is 0 Å². The number of hydrogen-bond acceptors (Lipinski definition) is 8. The Morgan fingerprint density at radius 3 is 2.46 bits per heavy atom. The van der Waals surface area contributed by atoms with Crippen LogP contribution in [0.2, 0.25) is 19.1 Å². The zero-order valence-corrected chi connectivity index (χ0v) is 30.8. The van der Waals surface area contributed by atoms with Crippen molar-refractivity contribution < 1.29 is 28.6 Å². The number of para-hydroxylation sites is 1. The maximum absolute atomic E-state index is 14.2. The Labute approximate surface area is 283 Å². The van der Waals surface area contributed by atoms with Crippen LogP contribution < -0.4 is 16.1 Å².